The number of thiophene rings is 1. The number of aromatic nitrogens is 2. The number of hydrogen-bond acceptors (Lipinski definition) is 7. The van der Waals surface area contributed by atoms with E-state index in [1.807, 2.05) is 13.8 Å². The number of esters is 1. The second kappa shape index (κ2) is 9.00. The average Bonchev–Trinajstić information content (AvgIpc) is 3.07. The third kappa shape index (κ3) is 4.60. The SMILES string of the molecule is Cc1sc2nc(C(C)OC(=O)c3ccc(S(=O)(=O)N4CCC(C)CC4)cc3)[nH]c(=O)c2c1C. The fourth-order valence-corrected chi connectivity index (χ4v) is 6.39. The van der Waals surface area contributed by atoms with Crippen LogP contribution in [0.25, 0.3) is 10.2 Å². The molecule has 176 valence electrons. The summed E-state index contributed by atoms with van der Waals surface area (Å²) in [5.74, 6) is 0.161. The molecule has 0 saturated carbocycles. The average molecular weight is 490 g/mol. The predicted molar refractivity (Wildman–Crippen MR) is 127 cm³/mol. The molecular weight excluding hydrogens is 462 g/mol. The van der Waals surface area contributed by atoms with Gasteiger partial charge in [0.05, 0.1) is 15.8 Å². The number of sulfonamides is 1. The number of H-pyrrole nitrogens is 1. The van der Waals surface area contributed by atoms with Crippen LogP contribution >= 0.6 is 11.3 Å². The number of ether oxygens (including phenoxy) is 1. The Morgan fingerprint density at radius 1 is 1.21 bits per heavy atom. The molecule has 0 amide bonds. The first-order valence-electron chi connectivity index (χ1n) is 10.9. The maximum Gasteiger partial charge on any atom is 0.338 e. The van der Waals surface area contributed by atoms with Crippen LogP contribution in [0.15, 0.2) is 34.0 Å². The predicted octanol–water partition coefficient (Wildman–Crippen LogP) is 3.94. The Balaban J connectivity index is 1.49. The smallest absolute Gasteiger partial charge is 0.338 e. The number of fused-ring (bicyclic) bond motifs is 1. The normalized spacial score (nSPS) is 16.7. The van der Waals surface area contributed by atoms with Gasteiger partial charge in [0.15, 0.2) is 11.9 Å². The highest BCUT2D eigenvalue weighted by molar-refractivity contribution is 7.89. The summed E-state index contributed by atoms with van der Waals surface area (Å²) in [5, 5.41) is 0.555. The summed E-state index contributed by atoms with van der Waals surface area (Å²) in [4.78, 5) is 34.1. The van der Waals surface area contributed by atoms with Gasteiger partial charge in [0, 0.05) is 18.0 Å². The monoisotopic (exact) mass is 489 g/mol. The minimum Gasteiger partial charge on any atom is -0.451 e. The summed E-state index contributed by atoms with van der Waals surface area (Å²) in [6.07, 6.45) is 0.901. The summed E-state index contributed by atoms with van der Waals surface area (Å²) < 4.78 is 32.7. The molecule has 10 heteroatoms. The molecule has 1 atom stereocenters. The van der Waals surface area contributed by atoms with Gasteiger partial charge in [-0.15, -0.1) is 11.3 Å². The van der Waals surface area contributed by atoms with Crippen LogP contribution in [0.2, 0.25) is 0 Å². The van der Waals surface area contributed by atoms with Crippen LogP contribution < -0.4 is 5.56 Å². The fraction of sp³-hybridized carbons (Fsp3) is 0.435. The summed E-state index contributed by atoms with van der Waals surface area (Å²) >= 11 is 1.42. The molecule has 3 heterocycles. The van der Waals surface area contributed by atoms with E-state index in [4.69, 9.17) is 4.74 Å². The third-order valence-electron chi connectivity index (χ3n) is 6.20. The zero-order valence-corrected chi connectivity index (χ0v) is 20.7. The van der Waals surface area contributed by atoms with Crippen molar-refractivity contribution in [3.05, 3.63) is 56.4 Å². The number of aromatic amines is 1. The quantitative estimate of drug-likeness (QED) is 0.544. The van der Waals surface area contributed by atoms with E-state index in [1.165, 1.54) is 39.9 Å². The maximum atomic E-state index is 12.9. The van der Waals surface area contributed by atoms with E-state index < -0.39 is 22.1 Å². The highest BCUT2D eigenvalue weighted by atomic mass is 32.2. The largest absolute Gasteiger partial charge is 0.451 e. The summed E-state index contributed by atoms with van der Waals surface area (Å²) in [5.41, 5.74) is 0.856. The Morgan fingerprint density at radius 2 is 1.85 bits per heavy atom. The van der Waals surface area contributed by atoms with Crippen molar-refractivity contribution in [3.8, 4) is 0 Å². The molecule has 8 nitrogen and oxygen atoms in total. The van der Waals surface area contributed by atoms with Crippen LogP contribution in [-0.2, 0) is 14.8 Å². The number of piperidine rings is 1. The van der Waals surface area contributed by atoms with Gasteiger partial charge in [-0.1, -0.05) is 6.92 Å². The minimum absolute atomic E-state index is 0.154. The molecule has 1 fully saturated rings. The van der Waals surface area contributed by atoms with Crippen molar-refractivity contribution in [1.82, 2.24) is 14.3 Å². The molecule has 33 heavy (non-hydrogen) atoms. The number of benzene rings is 1. The summed E-state index contributed by atoms with van der Waals surface area (Å²) in [7, 11) is -3.59. The number of carbonyl (C=O) groups is 1. The highest BCUT2D eigenvalue weighted by Crippen LogP contribution is 2.27. The first-order chi connectivity index (χ1) is 15.6. The molecule has 0 spiro atoms. The van der Waals surface area contributed by atoms with Gasteiger partial charge in [-0.2, -0.15) is 4.31 Å². The number of nitrogens with zero attached hydrogens (tertiary/aromatic N) is 2. The van der Waals surface area contributed by atoms with Crippen molar-refractivity contribution in [3.63, 3.8) is 0 Å². The number of carbonyl (C=O) groups excluding carboxylic acids is 1. The molecule has 2 aromatic heterocycles. The first-order valence-corrected chi connectivity index (χ1v) is 13.1. The van der Waals surface area contributed by atoms with Crippen LogP contribution in [-0.4, -0.2) is 41.7 Å². The second-order valence-corrected chi connectivity index (χ2v) is 11.7. The summed E-state index contributed by atoms with van der Waals surface area (Å²) in [6, 6.07) is 5.75. The molecule has 0 bridgehead atoms. The van der Waals surface area contributed by atoms with Crippen LogP contribution in [0.1, 0.15) is 59.4 Å². The van der Waals surface area contributed by atoms with Gasteiger partial charge in [0.2, 0.25) is 10.0 Å². The Labute approximate surface area is 196 Å². The molecular formula is C23H27N3O5S2. The second-order valence-electron chi connectivity index (χ2n) is 8.57. The van der Waals surface area contributed by atoms with E-state index in [2.05, 4.69) is 16.9 Å². The molecule has 4 rings (SSSR count). The molecule has 0 radical (unpaired) electrons. The summed E-state index contributed by atoms with van der Waals surface area (Å²) in [6.45, 7) is 8.57. The van der Waals surface area contributed by atoms with E-state index >= 15 is 0 Å². The Bertz CT molecular complexity index is 1350. The number of nitrogens with one attached hydrogen (secondary N) is 1. The fourth-order valence-electron chi connectivity index (χ4n) is 3.89. The van der Waals surface area contributed by atoms with Gasteiger partial charge in [0.1, 0.15) is 4.83 Å². The zero-order chi connectivity index (χ0) is 23.9. The van der Waals surface area contributed by atoms with Crippen LogP contribution in [0, 0.1) is 19.8 Å². The number of hydrogen-bond donors (Lipinski definition) is 1. The first kappa shape index (κ1) is 23.6. The maximum absolute atomic E-state index is 12.9. The van der Waals surface area contributed by atoms with Crippen LogP contribution in [0.3, 0.4) is 0 Å². The Kier molecular flexibility index (Phi) is 6.43. The topological polar surface area (TPSA) is 109 Å². The zero-order valence-electron chi connectivity index (χ0n) is 19.0. The molecule has 1 aliphatic heterocycles. The molecule has 1 saturated heterocycles. The van der Waals surface area contributed by atoms with Crippen molar-refractivity contribution in [1.29, 1.82) is 0 Å². The van der Waals surface area contributed by atoms with E-state index in [-0.39, 0.29) is 21.8 Å². The highest BCUT2D eigenvalue weighted by Gasteiger charge is 2.28. The van der Waals surface area contributed by atoms with E-state index in [0.717, 1.165) is 23.3 Å². The van der Waals surface area contributed by atoms with Gasteiger partial charge in [0.25, 0.3) is 5.56 Å². The van der Waals surface area contributed by atoms with Crippen molar-refractivity contribution in [2.75, 3.05) is 13.1 Å². The number of rotatable bonds is 5. The Hall–Kier alpha value is -2.56. The lowest BCUT2D eigenvalue weighted by Crippen LogP contribution is -2.37. The molecule has 1 N–H and O–H groups in total. The minimum atomic E-state index is -3.59. The Morgan fingerprint density at radius 3 is 2.48 bits per heavy atom. The van der Waals surface area contributed by atoms with Gasteiger partial charge in [-0.3, -0.25) is 4.79 Å². The number of aryl methyl sites for hydroxylation is 2. The van der Waals surface area contributed by atoms with E-state index in [0.29, 0.717) is 29.2 Å². The van der Waals surface area contributed by atoms with Gasteiger partial charge >= 0.3 is 5.97 Å². The van der Waals surface area contributed by atoms with E-state index in [9.17, 15) is 18.0 Å². The van der Waals surface area contributed by atoms with Crippen molar-refractivity contribution >= 4 is 37.5 Å². The molecule has 1 aliphatic rings. The van der Waals surface area contributed by atoms with Crippen molar-refractivity contribution in [2.24, 2.45) is 5.92 Å². The standard InChI is InChI=1S/C23H27N3O5S2/c1-13-9-11-26(12-10-13)33(29,30)18-7-5-17(6-8-18)23(28)31-15(3)20-24-21(27)19-14(2)16(4)32-22(19)25-20/h5-8,13,15H,9-12H2,1-4H3,(H,24,25,27). The molecule has 1 unspecified atom stereocenters. The lowest BCUT2D eigenvalue weighted by atomic mass is 10.0. The van der Waals surface area contributed by atoms with Gasteiger partial charge in [-0.25, -0.2) is 18.2 Å². The third-order valence-corrected chi connectivity index (χ3v) is 9.21. The molecule has 3 aromatic rings. The lowest BCUT2D eigenvalue weighted by molar-refractivity contribution is 0.0320. The van der Waals surface area contributed by atoms with Crippen molar-refractivity contribution < 1.29 is 17.9 Å². The van der Waals surface area contributed by atoms with Gasteiger partial charge < -0.3 is 9.72 Å². The molecule has 0 aliphatic carbocycles. The van der Waals surface area contributed by atoms with E-state index in [1.54, 1.807) is 6.92 Å². The molecule has 1 aromatic carbocycles. The van der Waals surface area contributed by atoms with Crippen LogP contribution in [0.5, 0.6) is 0 Å². The van der Waals surface area contributed by atoms with Gasteiger partial charge in [-0.05, 0) is 69.4 Å². The van der Waals surface area contributed by atoms with Crippen LogP contribution in [0.4, 0.5) is 0 Å². The van der Waals surface area contributed by atoms with Crippen molar-refractivity contribution in [2.45, 2.75) is 51.5 Å². The lowest BCUT2D eigenvalue weighted by Gasteiger charge is -2.29.